The summed E-state index contributed by atoms with van der Waals surface area (Å²) in [5, 5.41) is 0. The highest BCUT2D eigenvalue weighted by Crippen LogP contribution is 2.29. The van der Waals surface area contributed by atoms with E-state index in [9.17, 15) is 9.18 Å². The zero-order valence-corrected chi connectivity index (χ0v) is 14.5. The number of halogens is 1. The number of rotatable bonds is 5. The number of likely N-dealkylation sites (tertiary alicyclic amines) is 1. The number of benzene rings is 1. The lowest BCUT2D eigenvalue weighted by Crippen LogP contribution is -2.36. The van der Waals surface area contributed by atoms with E-state index in [1.165, 1.54) is 20.3 Å². The lowest BCUT2D eigenvalue weighted by atomic mass is 10.2. The molecule has 1 aromatic heterocycles. The fourth-order valence-electron chi connectivity index (χ4n) is 3.10. The van der Waals surface area contributed by atoms with Crippen LogP contribution in [0.3, 0.4) is 0 Å². The molecule has 1 aliphatic rings. The monoisotopic (exact) mass is 348 g/mol. The zero-order chi connectivity index (χ0) is 18.0. The summed E-state index contributed by atoms with van der Waals surface area (Å²) in [6, 6.07) is 4.27. The molecule has 1 aliphatic heterocycles. The molecular weight excluding hydrogens is 327 g/mol. The Morgan fingerprint density at radius 2 is 2.24 bits per heavy atom. The van der Waals surface area contributed by atoms with Crippen molar-refractivity contribution in [1.29, 1.82) is 0 Å². The van der Waals surface area contributed by atoms with Crippen LogP contribution in [-0.4, -0.2) is 42.7 Å². The number of aryl methyl sites for hydroxylation is 1. The molecule has 1 aromatic carbocycles. The van der Waals surface area contributed by atoms with Crippen LogP contribution in [0.2, 0.25) is 0 Å². The van der Waals surface area contributed by atoms with Gasteiger partial charge in [0.25, 0.3) is 0 Å². The molecule has 25 heavy (non-hydrogen) atoms. The number of hydrogen-bond donors (Lipinski definition) is 0. The Hall–Kier alpha value is -2.41. The van der Waals surface area contributed by atoms with Gasteiger partial charge in [-0.15, -0.1) is 0 Å². The summed E-state index contributed by atoms with van der Waals surface area (Å²) in [6.07, 6.45) is 1.69. The van der Waals surface area contributed by atoms with Gasteiger partial charge in [0, 0.05) is 12.6 Å². The maximum Gasteiger partial charge on any atom is 0.323 e. The summed E-state index contributed by atoms with van der Waals surface area (Å²) in [5.74, 6) is 0.575. The molecule has 1 fully saturated rings. The van der Waals surface area contributed by atoms with Crippen LogP contribution in [-0.2, 0) is 16.1 Å². The first-order valence-corrected chi connectivity index (χ1v) is 8.15. The number of carbonyl (C=O) groups is 1. The summed E-state index contributed by atoms with van der Waals surface area (Å²) in [6.45, 7) is 3.04. The predicted molar refractivity (Wildman–Crippen MR) is 88.6 cm³/mol. The molecule has 0 saturated carbocycles. The number of ether oxygens (including phenoxy) is 2. The average molecular weight is 348 g/mol. The molecule has 7 heteroatoms. The minimum absolute atomic E-state index is 0.224. The molecule has 0 spiro atoms. The Kier molecular flexibility index (Phi) is 5.03. The number of methoxy groups -OCH3 is 2. The molecule has 134 valence electrons. The van der Waals surface area contributed by atoms with Crippen LogP contribution >= 0.6 is 0 Å². The van der Waals surface area contributed by atoms with E-state index in [1.807, 2.05) is 4.90 Å². The molecule has 0 unspecified atom stereocenters. The van der Waals surface area contributed by atoms with Crippen molar-refractivity contribution in [3.8, 4) is 17.2 Å². The van der Waals surface area contributed by atoms with E-state index in [0.29, 0.717) is 23.7 Å². The normalized spacial score (nSPS) is 17.7. The van der Waals surface area contributed by atoms with Gasteiger partial charge in [-0.2, -0.15) is 0 Å². The highest BCUT2D eigenvalue weighted by atomic mass is 19.1. The second kappa shape index (κ2) is 7.23. The lowest BCUT2D eigenvalue weighted by Gasteiger charge is -2.21. The van der Waals surface area contributed by atoms with E-state index in [2.05, 4.69) is 4.98 Å². The largest absolute Gasteiger partial charge is 0.497 e. The molecule has 0 bridgehead atoms. The van der Waals surface area contributed by atoms with Crippen LogP contribution in [0.5, 0.6) is 5.75 Å². The van der Waals surface area contributed by atoms with Gasteiger partial charge in [0.05, 0.1) is 25.5 Å². The Labute approximate surface area is 145 Å². The number of carbonyl (C=O) groups excluding carboxylic acids is 1. The van der Waals surface area contributed by atoms with Crippen molar-refractivity contribution < 1.29 is 23.1 Å². The van der Waals surface area contributed by atoms with Crippen molar-refractivity contribution in [3.63, 3.8) is 0 Å². The highest BCUT2D eigenvalue weighted by Gasteiger charge is 2.32. The van der Waals surface area contributed by atoms with E-state index < -0.39 is 5.82 Å². The number of hydrogen-bond acceptors (Lipinski definition) is 6. The van der Waals surface area contributed by atoms with Gasteiger partial charge < -0.3 is 13.9 Å². The van der Waals surface area contributed by atoms with Crippen LogP contribution in [0.25, 0.3) is 11.5 Å². The van der Waals surface area contributed by atoms with Gasteiger partial charge in [-0.1, -0.05) is 0 Å². The van der Waals surface area contributed by atoms with Gasteiger partial charge in [0.2, 0.25) is 5.89 Å². The summed E-state index contributed by atoms with van der Waals surface area (Å²) in [5.41, 5.74) is 0.974. The van der Waals surface area contributed by atoms with Gasteiger partial charge in [0.1, 0.15) is 23.4 Å². The second-order valence-electron chi connectivity index (χ2n) is 6.02. The number of aromatic nitrogens is 1. The Bertz CT molecular complexity index is 774. The maximum atomic E-state index is 14.2. The van der Waals surface area contributed by atoms with E-state index in [-0.39, 0.29) is 23.5 Å². The van der Waals surface area contributed by atoms with Gasteiger partial charge in [0.15, 0.2) is 0 Å². The molecule has 0 aliphatic carbocycles. The molecule has 1 saturated heterocycles. The molecule has 2 heterocycles. The van der Waals surface area contributed by atoms with Gasteiger partial charge in [-0.25, -0.2) is 9.37 Å². The van der Waals surface area contributed by atoms with E-state index in [1.54, 1.807) is 19.1 Å². The summed E-state index contributed by atoms with van der Waals surface area (Å²) >= 11 is 0. The minimum Gasteiger partial charge on any atom is -0.497 e. The third-order valence-electron chi connectivity index (χ3n) is 4.49. The number of nitrogens with zero attached hydrogens (tertiary/aromatic N) is 2. The number of esters is 1. The van der Waals surface area contributed by atoms with Crippen molar-refractivity contribution in [2.45, 2.75) is 32.4 Å². The molecular formula is C18H21FN2O4. The maximum absolute atomic E-state index is 14.2. The van der Waals surface area contributed by atoms with Crippen LogP contribution in [0.15, 0.2) is 22.6 Å². The van der Waals surface area contributed by atoms with E-state index in [4.69, 9.17) is 13.9 Å². The first-order valence-electron chi connectivity index (χ1n) is 8.15. The van der Waals surface area contributed by atoms with E-state index >= 15 is 0 Å². The minimum atomic E-state index is -0.458. The summed E-state index contributed by atoms with van der Waals surface area (Å²) in [7, 11) is 2.88. The average Bonchev–Trinajstić information content (AvgIpc) is 3.21. The van der Waals surface area contributed by atoms with Crippen molar-refractivity contribution in [2.75, 3.05) is 20.8 Å². The summed E-state index contributed by atoms with van der Waals surface area (Å²) < 4.78 is 29.7. The van der Waals surface area contributed by atoms with E-state index in [0.717, 1.165) is 19.4 Å². The predicted octanol–water partition coefficient (Wildman–Crippen LogP) is 2.94. The molecule has 3 rings (SSSR count). The number of oxazole rings is 1. The van der Waals surface area contributed by atoms with Crippen molar-refractivity contribution >= 4 is 5.97 Å². The topological polar surface area (TPSA) is 64.8 Å². The van der Waals surface area contributed by atoms with Crippen molar-refractivity contribution in [1.82, 2.24) is 9.88 Å². The molecule has 1 atom stereocenters. The smallest absolute Gasteiger partial charge is 0.323 e. The Balaban J connectivity index is 1.82. The van der Waals surface area contributed by atoms with Crippen LogP contribution in [0.4, 0.5) is 4.39 Å². The van der Waals surface area contributed by atoms with Crippen LogP contribution < -0.4 is 4.74 Å². The second-order valence-corrected chi connectivity index (χ2v) is 6.02. The third kappa shape index (κ3) is 3.51. The fourth-order valence-corrected chi connectivity index (χ4v) is 3.10. The Morgan fingerprint density at radius 1 is 1.44 bits per heavy atom. The van der Waals surface area contributed by atoms with Gasteiger partial charge >= 0.3 is 5.97 Å². The lowest BCUT2D eigenvalue weighted by molar-refractivity contribution is -0.146. The Morgan fingerprint density at radius 3 is 2.92 bits per heavy atom. The standard InChI is InChI=1S/C18H21FN2O4/c1-11-15(10-21-8-4-5-16(21)18(22)24-3)20-17(25-11)13-7-6-12(23-2)9-14(13)19/h6-7,9,16H,4-5,8,10H2,1-3H3/t16-/m0/s1. The SMILES string of the molecule is COC(=O)[C@@H]1CCCN1Cc1nc(-c2ccc(OC)cc2F)oc1C. The first kappa shape index (κ1) is 17.4. The van der Waals surface area contributed by atoms with Crippen LogP contribution in [0.1, 0.15) is 24.3 Å². The fraction of sp³-hybridized carbons (Fsp3) is 0.444. The summed E-state index contributed by atoms with van der Waals surface area (Å²) in [4.78, 5) is 18.3. The molecule has 6 nitrogen and oxygen atoms in total. The van der Waals surface area contributed by atoms with Crippen LogP contribution in [0, 0.1) is 12.7 Å². The van der Waals surface area contributed by atoms with Crippen molar-refractivity contribution in [2.24, 2.45) is 0 Å². The zero-order valence-electron chi connectivity index (χ0n) is 14.5. The first-order chi connectivity index (χ1) is 12.0. The molecule has 0 N–H and O–H groups in total. The quantitative estimate of drug-likeness (QED) is 0.774. The molecule has 0 amide bonds. The van der Waals surface area contributed by atoms with Gasteiger partial charge in [-0.3, -0.25) is 9.69 Å². The third-order valence-corrected chi connectivity index (χ3v) is 4.49. The van der Waals surface area contributed by atoms with Crippen molar-refractivity contribution in [3.05, 3.63) is 35.5 Å². The molecule has 0 radical (unpaired) electrons. The molecule has 2 aromatic rings. The van der Waals surface area contributed by atoms with Gasteiger partial charge in [-0.05, 0) is 38.4 Å². The highest BCUT2D eigenvalue weighted by molar-refractivity contribution is 5.76.